The third-order valence-corrected chi connectivity index (χ3v) is 3.11. The lowest BCUT2D eigenvalue weighted by Crippen LogP contribution is -2.36. The highest BCUT2D eigenvalue weighted by molar-refractivity contribution is 5.84. The number of nitrogens with zero attached hydrogens (tertiary/aromatic N) is 1. The summed E-state index contributed by atoms with van der Waals surface area (Å²) in [6, 6.07) is 7.67. The van der Waals surface area contributed by atoms with Crippen LogP contribution in [0, 0.1) is 0 Å². The van der Waals surface area contributed by atoms with Crippen LogP contribution in [-0.2, 0) is 4.79 Å². The van der Waals surface area contributed by atoms with Crippen molar-refractivity contribution in [2.75, 3.05) is 19.7 Å². The Labute approximate surface area is 124 Å². The van der Waals surface area contributed by atoms with Crippen LogP contribution in [0.2, 0.25) is 0 Å². The van der Waals surface area contributed by atoms with Crippen LogP contribution < -0.4 is 21.1 Å². The Morgan fingerprint density at radius 3 is 3.14 bits per heavy atom. The van der Waals surface area contributed by atoms with Crippen molar-refractivity contribution in [3.8, 4) is 5.75 Å². The second kappa shape index (κ2) is 7.33. The lowest BCUT2D eigenvalue weighted by atomic mass is 10.0. The molecule has 0 bridgehead atoms. The van der Waals surface area contributed by atoms with Gasteiger partial charge in [-0.1, -0.05) is 24.3 Å². The van der Waals surface area contributed by atoms with Crippen LogP contribution in [0.4, 0.5) is 0 Å². The van der Waals surface area contributed by atoms with E-state index in [-0.39, 0.29) is 24.5 Å². The molecule has 0 fully saturated rings. The summed E-state index contributed by atoms with van der Waals surface area (Å²) in [5.74, 6) is 0.891. The molecule has 1 amide bonds. The number of rotatable bonds is 5. The molecule has 1 heterocycles. The topological polar surface area (TPSA) is 88.7 Å². The lowest BCUT2D eigenvalue weighted by molar-refractivity contribution is -0.120. The molecule has 0 radical (unpaired) electrons. The maximum atomic E-state index is 11.9. The summed E-state index contributed by atoms with van der Waals surface area (Å²) in [5, 5.41) is 5.77. The first-order valence-electron chi connectivity index (χ1n) is 6.86. The van der Waals surface area contributed by atoms with Crippen LogP contribution in [0.5, 0.6) is 5.75 Å². The number of para-hydroxylation sites is 1. The second-order valence-electron chi connectivity index (χ2n) is 4.67. The molecule has 112 valence electrons. The summed E-state index contributed by atoms with van der Waals surface area (Å²) >= 11 is 0. The third-order valence-electron chi connectivity index (χ3n) is 3.11. The minimum absolute atomic E-state index is 0.00446. The van der Waals surface area contributed by atoms with Crippen molar-refractivity contribution in [3.05, 3.63) is 42.5 Å². The second-order valence-corrected chi connectivity index (χ2v) is 4.67. The maximum Gasteiger partial charge on any atom is 0.242 e. The first-order chi connectivity index (χ1) is 10.2. The Kier molecular flexibility index (Phi) is 5.20. The van der Waals surface area contributed by atoms with Crippen molar-refractivity contribution >= 4 is 11.9 Å². The number of benzene rings is 1. The van der Waals surface area contributed by atoms with Crippen molar-refractivity contribution in [1.82, 2.24) is 10.6 Å². The molecule has 0 spiro atoms. The number of carbonyl (C=O) groups is 1. The van der Waals surface area contributed by atoms with E-state index < -0.39 is 0 Å². The minimum atomic E-state index is -0.167. The molecule has 0 saturated heterocycles. The quantitative estimate of drug-likeness (QED) is 0.423. The Hall–Kier alpha value is -2.50. The van der Waals surface area contributed by atoms with Gasteiger partial charge in [-0.3, -0.25) is 4.79 Å². The Morgan fingerprint density at radius 1 is 1.52 bits per heavy atom. The van der Waals surface area contributed by atoms with Crippen molar-refractivity contribution in [2.45, 2.75) is 12.5 Å². The van der Waals surface area contributed by atoms with E-state index in [1.54, 1.807) is 6.08 Å². The van der Waals surface area contributed by atoms with E-state index in [0.717, 1.165) is 17.7 Å². The van der Waals surface area contributed by atoms with E-state index in [1.807, 2.05) is 24.3 Å². The average Bonchev–Trinajstić information content (AvgIpc) is 2.51. The summed E-state index contributed by atoms with van der Waals surface area (Å²) in [6.45, 7) is 4.67. The molecular weight excluding hydrogens is 268 g/mol. The lowest BCUT2D eigenvalue weighted by Gasteiger charge is -2.26. The van der Waals surface area contributed by atoms with Crippen molar-refractivity contribution in [3.63, 3.8) is 0 Å². The number of nitrogens with one attached hydrogen (secondary N) is 2. The molecule has 1 aromatic carbocycles. The predicted molar refractivity (Wildman–Crippen MR) is 82.1 cm³/mol. The molecule has 21 heavy (non-hydrogen) atoms. The van der Waals surface area contributed by atoms with Gasteiger partial charge in [-0.05, 0) is 6.07 Å². The van der Waals surface area contributed by atoms with Crippen LogP contribution in [0.1, 0.15) is 18.0 Å². The number of carbonyl (C=O) groups excluding carboxylic acids is 1. The van der Waals surface area contributed by atoms with Gasteiger partial charge in [0.25, 0.3) is 0 Å². The van der Waals surface area contributed by atoms with E-state index in [2.05, 4.69) is 22.2 Å². The number of aliphatic imine (C=N–C) groups is 1. The van der Waals surface area contributed by atoms with Gasteiger partial charge in [0, 0.05) is 18.5 Å². The smallest absolute Gasteiger partial charge is 0.242 e. The highest BCUT2D eigenvalue weighted by Gasteiger charge is 2.22. The van der Waals surface area contributed by atoms with E-state index in [4.69, 9.17) is 10.5 Å². The van der Waals surface area contributed by atoms with Gasteiger partial charge in [-0.15, -0.1) is 6.58 Å². The Bertz CT molecular complexity index is 542. The fraction of sp³-hybridized carbons (Fsp3) is 0.333. The number of hydrogen-bond donors (Lipinski definition) is 3. The maximum absolute atomic E-state index is 11.9. The number of ether oxygens (including phenoxy) is 1. The minimum Gasteiger partial charge on any atom is -0.493 e. The normalized spacial score (nSPS) is 17.3. The summed E-state index contributed by atoms with van der Waals surface area (Å²) in [6.07, 6.45) is 2.41. The highest BCUT2D eigenvalue weighted by atomic mass is 16.5. The summed E-state index contributed by atoms with van der Waals surface area (Å²) in [5.41, 5.74) is 6.61. The van der Waals surface area contributed by atoms with Crippen molar-refractivity contribution < 1.29 is 9.53 Å². The molecule has 1 atom stereocenters. The van der Waals surface area contributed by atoms with Gasteiger partial charge in [-0.25, -0.2) is 4.99 Å². The van der Waals surface area contributed by atoms with Gasteiger partial charge in [0.05, 0.1) is 12.6 Å². The summed E-state index contributed by atoms with van der Waals surface area (Å²) in [7, 11) is 0. The van der Waals surface area contributed by atoms with Crippen LogP contribution in [0.25, 0.3) is 0 Å². The monoisotopic (exact) mass is 288 g/mol. The summed E-state index contributed by atoms with van der Waals surface area (Å²) in [4.78, 5) is 15.9. The largest absolute Gasteiger partial charge is 0.493 e. The molecule has 0 aromatic heterocycles. The van der Waals surface area contributed by atoms with Crippen LogP contribution in [0.3, 0.4) is 0 Å². The van der Waals surface area contributed by atoms with Gasteiger partial charge in [0.2, 0.25) is 5.91 Å². The zero-order valence-corrected chi connectivity index (χ0v) is 11.8. The zero-order valence-electron chi connectivity index (χ0n) is 11.8. The number of amides is 1. The first-order valence-corrected chi connectivity index (χ1v) is 6.86. The van der Waals surface area contributed by atoms with Crippen LogP contribution in [-0.4, -0.2) is 31.6 Å². The number of nitrogens with two attached hydrogens (primary N) is 1. The van der Waals surface area contributed by atoms with Gasteiger partial charge in [0.15, 0.2) is 5.96 Å². The SMILES string of the molecule is C=CCNC(N)=NCC(=O)NC1CCOc2ccccc21. The molecule has 2 rings (SSSR count). The molecule has 0 saturated carbocycles. The van der Waals surface area contributed by atoms with Crippen LogP contribution in [0.15, 0.2) is 41.9 Å². The van der Waals surface area contributed by atoms with Gasteiger partial charge in [0.1, 0.15) is 12.3 Å². The number of guanidine groups is 1. The predicted octanol–water partition coefficient (Wildman–Crippen LogP) is 0.717. The Morgan fingerprint density at radius 2 is 2.33 bits per heavy atom. The van der Waals surface area contributed by atoms with E-state index in [1.165, 1.54) is 0 Å². The number of hydrogen-bond acceptors (Lipinski definition) is 3. The first kappa shape index (κ1) is 14.9. The van der Waals surface area contributed by atoms with Gasteiger partial charge < -0.3 is 21.1 Å². The molecule has 6 nitrogen and oxygen atoms in total. The zero-order chi connectivity index (χ0) is 15.1. The molecule has 1 aromatic rings. The molecule has 1 aliphatic heterocycles. The molecule has 0 aliphatic carbocycles. The Balaban J connectivity index is 1.90. The van der Waals surface area contributed by atoms with Crippen LogP contribution >= 0.6 is 0 Å². The molecule has 1 aliphatic rings. The third kappa shape index (κ3) is 4.24. The van der Waals surface area contributed by atoms with E-state index >= 15 is 0 Å². The highest BCUT2D eigenvalue weighted by Crippen LogP contribution is 2.31. The van der Waals surface area contributed by atoms with E-state index in [9.17, 15) is 4.79 Å². The molecule has 6 heteroatoms. The molecule has 1 unspecified atom stereocenters. The summed E-state index contributed by atoms with van der Waals surface area (Å²) < 4.78 is 5.56. The van der Waals surface area contributed by atoms with Gasteiger partial charge in [-0.2, -0.15) is 0 Å². The molecular formula is C15H20N4O2. The van der Waals surface area contributed by atoms with Crippen molar-refractivity contribution in [1.29, 1.82) is 0 Å². The number of fused-ring (bicyclic) bond motifs is 1. The van der Waals surface area contributed by atoms with Crippen molar-refractivity contribution in [2.24, 2.45) is 10.7 Å². The standard InChI is InChI=1S/C15H20N4O2/c1-2-8-17-15(16)18-10-14(20)19-12-7-9-21-13-6-4-3-5-11(12)13/h2-6,12H,1,7-10H2,(H,19,20)(H3,16,17,18). The van der Waals surface area contributed by atoms with E-state index in [0.29, 0.717) is 13.2 Å². The van der Waals surface area contributed by atoms with Gasteiger partial charge >= 0.3 is 0 Å². The fourth-order valence-corrected chi connectivity index (χ4v) is 2.12. The molecule has 4 N–H and O–H groups in total. The fourth-order valence-electron chi connectivity index (χ4n) is 2.12. The average molecular weight is 288 g/mol.